The molecule has 1 heterocycles. The van der Waals surface area contributed by atoms with Gasteiger partial charge in [0.05, 0.1) is 5.56 Å². The molecule has 1 aliphatic carbocycles. The van der Waals surface area contributed by atoms with E-state index in [1.165, 1.54) is 0 Å². The highest BCUT2D eigenvalue weighted by atomic mass is 16.3. The molecule has 1 aliphatic rings. The molecule has 2 atom stereocenters. The van der Waals surface area contributed by atoms with E-state index < -0.39 is 0 Å². The van der Waals surface area contributed by atoms with Crippen LogP contribution in [0.2, 0.25) is 0 Å². The summed E-state index contributed by atoms with van der Waals surface area (Å²) in [6.45, 7) is 5.68. The zero-order valence-corrected chi connectivity index (χ0v) is 11.0. The van der Waals surface area contributed by atoms with Crippen molar-refractivity contribution < 1.29 is 14.3 Å². The Morgan fingerprint density at radius 1 is 1.39 bits per heavy atom. The Bertz CT molecular complexity index is 487. The molecule has 0 saturated heterocycles. The van der Waals surface area contributed by atoms with Crippen LogP contribution in [0.15, 0.2) is 16.6 Å². The second-order valence-electron chi connectivity index (χ2n) is 4.86. The molecule has 4 heteroatoms. The van der Waals surface area contributed by atoms with Crippen LogP contribution in [0.5, 0.6) is 0 Å². The molecule has 1 amide bonds. The minimum absolute atomic E-state index is 0.00339. The maximum atomic E-state index is 12.2. The van der Waals surface area contributed by atoms with Gasteiger partial charge in [-0.15, -0.1) is 0 Å². The van der Waals surface area contributed by atoms with Gasteiger partial charge in [-0.1, -0.05) is 12.2 Å². The number of hydrogen-bond acceptors (Lipinski definition) is 3. The predicted molar refractivity (Wildman–Crippen MR) is 68.5 cm³/mol. The fourth-order valence-electron chi connectivity index (χ4n) is 2.39. The molecule has 0 saturated carbocycles. The molecule has 2 rings (SSSR count). The standard InChI is InChI=1S/C14H19NO3/c1-8-9(2)18-10(3)13(8)14(17)15-12-5-4-11(6-12)7-16/h4-5,11-12,16H,6-7H2,1-3H3,(H,15,17)/t11-,12+/m0/s1. The van der Waals surface area contributed by atoms with Crippen LogP contribution in [-0.4, -0.2) is 23.7 Å². The molecule has 0 unspecified atom stereocenters. The lowest BCUT2D eigenvalue weighted by Gasteiger charge is -2.12. The van der Waals surface area contributed by atoms with E-state index in [2.05, 4.69) is 5.32 Å². The van der Waals surface area contributed by atoms with E-state index in [1.807, 2.05) is 26.0 Å². The van der Waals surface area contributed by atoms with Crippen molar-refractivity contribution in [2.75, 3.05) is 6.61 Å². The van der Waals surface area contributed by atoms with Gasteiger partial charge in [0.2, 0.25) is 0 Å². The number of furan rings is 1. The smallest absolute Gasteiger partial charge is 0.255 e. The van der Waals surface area contributed by atoms with Gasteiger partial charge in [-0.25, -0.2) is 0 Å². The first-order valence-corrected chi connectivity index (χ1v) is 6.19. The molecule has 18 heavy (non-hydrogen) atoms. The largest absolute Gasteiger partial charge is 0.466 e. The third kappa shape index (κ3) is 2.34. The topological polar surface area (TPSA) is 62.5 Å². The van der Waals surface area contributed by atoms with Crippen molar-refractivity contribution in [2.24, 2.45) is 5.92 Å². The van der Waals surface area contributed by atoms with Crippen molar-refractivity contribution in [2.45, 2.75) is 33.2 Å². The second-order valence-corrected chi connectivity index (χ2v) is 4.86. The number of rotatable bonds is 3. The Labute approximate surface area is 107 Å². The number of nitrogens with one attached hydrogen (secondary N) is 1. The maximum Gasteiger partial charge on any atom is 0.255 e. The Balaban J connectivity index is 2.07. The normalized spacial score (nSPS) is 22.4. The molecule has 0 spiro atoms. The Hall–Kier alpha value is -1.55. The summed E-state index contributed by atoms with van der Waals surface area (Å²) >= 11 is 0. The number of aliphatic hydroxyl groups is 1. The zero-order valence-electron chi connectivity index (χ0n) is 11.0. The molecule has 2 N–H and O–H groups in total. The summed E-state index contributed by atoms with van der Waals surface area (Å²) in [7, 11) is 0. The van der Waals surface area contributed by atoms with Crippen molar-refractivity contribution in [3.8, 4) is 0 Å². The van der Waals surface area contributed by atoms with E-state index in [-0.39, 0.29) is 24.5 Å². The fraction of sp³-hybridized carbons (Fsp3) is 0.500. The van der Waals surface area contributed by atoms with Gasteiger partial charge in [0.25, 0.3) is 5.91 Å². The number of carbonyl (C=O) groups is 1. The SMILES string of the molecule is Cc1oc(C)c(C(=O)N[C@@H]2C=C[C@H](CO)C2)c1C. The lowest BCUT2D eigenvalue weighted by atomic mass is 10.1. The molecule has 98 valence electrons. The van der Waals surface area contributed by atoms with Crippen LogP contribution < -0.4 is 5.32 Å². The number of aliphatic hydroxyl groups excluding tert-OH is 1. The Morgan fingerprint density at radius 2 is 2.11 bits per heavy atom. The molecular formula is C14H19NO3. The van der Waals surface area contributed by atoms with E-state index in [4.69, 9.17) is 9.52 Å². The first-order chi connectivity index (χ1) is 8.52. The number of hydrogen-bond donors (Lipinski definition) is 2. The average molecular weight is 249 g/mol. The average Bonchev–Trinajstić information content (AvgIpc) is 2.85. The van der Waals surface area contributed by atoms with Crippen LogP contribution in [0, 0.1) is 26.7 Å². The number of aryl methyl sites for hydroxylation is 2. The van der Waals surface area contributed by atoms with Gasteiger partial charge >= 0.3 is 0 Å². The number of carbonyl (C=O) groups excluding carboxylic acids is 1. The Morgan fingerprint density at radius 3 is 2.61 bits per heavy atom. The lowest BCUT2D eigenvalue weighted by molar-refractivity contribution is 0.0939. The molecular weight excluding hydrogens is 230 g/mol. The van der Waals surface area contributed by atoms with Crippen LogP contribution in [0.4, 0.5) is 0 Å². The van der Waals surface area contributed by atoms with Crippen LogP contribution in [0.1, 0.15) is 33.9 Å². The van der Waals surface area contributed by atoms with E-state index in [0.29, 0.717) is 11.3 Å². The van der Waals surface area contributed by atoms with Crippen molar-refractivity contribution in [1.29, 1.82) is 0 Å². The maximum absolute atomic E-state index is 12.2. The minimum Gasteiger partial charge on any atom is -0.466 e. The van der Waals surface area contributed by atoms with Gasteiger partial charge in [-0.2, -0.15) is 0 Å². The summed E-state index contributed by atoms with van der Waals surface area (Å²) in [5, 5.41) is 12.0. The molecule has 1 aromatic heterocycles. The molecule has 0 aromatic carbocycles. The minimum atomic E-state index is -0.102. The van der Waals surface area contributed by atoms with Gasteiger partial charge in [0.15, 0.2) is 0 Å². The summed E-state index contributed by atoms with van der Waals surface area (Å²) in [5.74, 6) is 1.50. The highest BCUT2D eigenvalue weighted by Crippen LogP contribution is 2.22. The summed E-state index contributed by atoms with van der Waals surface area (Å²) in [4.78, 5) is 12.2. The van der Waals surface area contributed by atoms with Gasteiger partial charge in [-0.05, 0) is 27.2 Å². The third-order valence-corrected chi connectivity index (χ3v) is 3.51. The highest BCUT2D eigenvalue weighted by Gasteiger charge is 2.23. The highest BCUT2D eigenvalue weighted by molar-refractivity contribution is 5.97. The molecule has 0 aliphatic heterocycles. The van der Waals surface area contributed by atoms with Gasteiger partial charge in [0.1, 0.15) is 11.5 Å². The fourth-order valence-corrected chi connectivity index (χ4v) is 2.39. The van der Waals surface area contributed by atoms with Crippen LogP contribution in [0.25, 0.3) is 0 Å². The van der Waals surface area contributed by atoms with Gasteiger partial charge in [0, 0.05) is 24.1 Å². The molecule has 0 fully saturated rings. The van der Waals surface area contributed by atoms with Crippen molar-refractivity contribution in [3.05, 3.63) is 34.8 Å². The summed E-state index contributed by atoms with van der Waals surface area (Å²) in [6.07, 6.45) is 4.65. The quantitative estimate of drug-likeness (QED) is 0.804. The van der Waals surface area contributed by atoms with Gasteiger partial charge < -0.3 is 14.8 Å². The van der Waals surface area contributed by atoms with E-state index in [9.17, 15) is 4.79 Å². The first-order valence-electron chi connectivity index (χ1n) is 6.19. The van der Waals surface area contributed by atoms with Crippen molar-refractivity contribution in [3.63, 3.8) is 0 Å². The van der Waals surface area contributed by atoms with E-state index >= 15 is 0 Å². The van der Waals surface area contributed by atoms with Crippen LogP contribution in [0.3, 0.4) is 0 Å². The first kappa shape index (κ1) is 12.9. The third-order valence-electron chi connectivity index (χ3n) is 3.51. The van der Waals surface area contributed by atoms with Crippen LogP contribution >= 0.6 is 0 Å². The second kappa shape index (κ2) is 4.98. The van der Waals surface area contributed by atoms with Crippen molar-refractivity contribution >= 4 is 5.91 Å². The zero-order chi connectivity index (χ0) is 13.3. The van der Waals surface area contributed by atoms with E-state index in [1.54, 1.807) is 6.92 Å². The Kier molecular flexibility index (Phi) is 3.57. The molecule has 0 bridgehead atoms. The number of amides is 1. The van der Waals surface area contributed by atoms with Crippen molar-refractivity contribution in [1.82, 2.24) is 5.32 Å². The summed E-state index contributed by atoms with van der Waals surface area (Å²) in [6, 6.07) is 0.00339. The molecule has 1 aromatic rings. The summed E-state index contributed by atoms with van der Waals surface area (Å²) < 4.78 is 5.45. The molecule has 4 nitrogen and oxygen atoms in total. The van der Waals surface area contributed by atoms with Crippen LogP contribution in [-0.2, 0) is 0 Å². The summed E-state index contributed by atoms with van der Waals surface area (Å²) in [5.41, 5.74) is 1.53. The van der Waals surface area contributed by atoms with Gasteiger partial charge in [-0.3, -0.25) is 4.79 Å². The lowest BCUT2D eigenvalue weighted by Crippen LogP contribution is -2.33. The van der Waals surface area contributed by atoms with E-state index in [0.717, 1.165) is 17.7 Å². The molecule has 0 radical (unpaired) electrons. The predicted octanol–water partition coefficient (Wildman–Crippen LogP) is 1.87. The monoisotopic (exact) mass is 249 g/mol.